The van der Waals surface area contributed by atoms with Gasteiger partial charge in [-0.2, -0.15) is 0 Å². The summed E-state index contributed by atoms with van der Waals surface area (Å²) in [5.74, 6) is 0.00720. The van der Waals surface area contributed by atoms with Crippen molar-refractivity contribution < 1.29 is 24.2 Å². The summed E-state index contributed by atoms with van der Waals surface area (Å²) in [6.45, 7) is 2.80. The van der Waals surface area contributed by atoms with Crippen LogP contribution in [0.4, 0.5) is 11.4 Å². The molecule has 2 amide bonds. The average Bonchev–Trinajstić information content (AvgIpc) is 3.40. The Bertz CT molecular complexity index is 1180. The lowest BCUT2D eigenvalue weighted by molar-refractivity contribution is -0.138. The molecule has 1 unspecified atom stereocenters. The van der Waals surface area contributed by atoms with Crippen molar-refractivity contribution in [2.24, 2.45) is 0 Å². The quantitative estimate of drug-likeness (QED) is 0.629. The number of ether oxygens (including phenoxy) is 2. The number of anilines is 2. The van der Waals surface area contributed by atoms with E-state index in [4.69, 9.17) is 21.1 Å². The molecule has 3 aliphatic heterocycles. The van der Waals surface area contributed by atoms with Crippen LogP contribution in [-0.4, -0.2) is 92.9 Å². The van der Waals surface area contributed by atoms with E-state index in [0.717, 1.165) is 18.8 Å². The van der Waals surface area contributed by atoms with Gasteiger partial charge in [0.1, 0.15) is 5.75 Å². The van der Waals surface area contributed by atoms with E-state index >= 15 is 0 Å². The van der Waals surface area contributed by atoms with Gasteiger partial charge in [0, 0.05) is 61.3 Å². The molecule has 0 aromatic heterocycles. The van der Waals surface area contributed by atoms with E-state index in [1.807, 2.05) is 23.1 Å². The highest BCUT2D eigenvalue weighted by atomic mass is 35.5. The summed E-state index contributed by atoms with van der Waals surface area (Å²) in [6, 6.07) is 10.3. The molecule has 2 fully saturated rings. The number of benzene rings is 2. The number of amides is 2. The van der Waals surface area contributed by atoms with Gasteiger partial charge in [-0.05, 0) is 42.8 Å². The summed E-state index contributed by atoms with van der Waals surface area (Å²) in [5.41, 5.74) is 1.32. The SMILES string of the molecule is COc1ccc(N2CCOCC2)cc1C1(N2C[C@H](O)C[C@H]2C(=O)N(C)C)C(=O)Nc2ccc(Cl)cc21. The zero-order valence-corrected chi connectivity index (χ0v) is 21.4. The molecule has 2 N–H and O–H groups in total. The smallest absolute Gasteiger partial charge is 0.254 e. The number of halogens is 1. The first-order valence-electron chi connectivity index (χ1n) is 12.1. The van der Waals surface area contributed by atoms with Gasteiger partial charge < -0.3 is 29.7 Å². The van der Waals surface area contributed by atoms with Crippen molar-refractivity contribution in [1.82, 2.24) is 9.80 Å². The molecular weight excluding hydrogens is 484 g/mol. The van der Waals surface area contributed by atoms with Crippen molar-refractivity contribution in [3.63, 3.8) is 0 Å². The van der Waals surface area contributed by atoms with Crippen LogP contribution < -0.4 is 15.0 Å². The van der Waals surface area contributed by atoms with Crippen LogP contribution in [0.5, 0.6) is 5.75 Å². The zero-order valence-electron chi connectivity index (χ0n) is 20.7. The Labute approximate surface area is 215 Å². The predicted octanol–water partition coefficient (Wildman–Crippen LogP) is 1.90. The van der Waals surface area contributed by atoms with Gasteiger partial charge in [-0.25, -0.2) is 0 Å². The molecule has 3 aliphatic rings. The number of methoxy groups -OCH3 is 1. The van der Waals surface area contributed by atoms with E-state index in [2.05, 4.69) is 10.2 Å². The van der Waals surface area contributed by atoms with Crippen LogP contribution >= 0.6 is 11.6 Å². The molecular formula is C26H31ClN4O5. The molecule has 0 saturated carbocycles. The van der Waals surface area contributed by atoms with E-state index in [9.17, 15) is 14.7 Å². The van der Waals surface area contributed by atoms with Crippen molar-refractivity contribution in [3.05, 3.63) is 52.5 Å². The third kappa shape index (κ3) is 3.91. The number of fused-ring (bicyclic) bond motifs is 1. The second-order valence-electron chi connectivity index (χ2n) is 9.63. The number of morpholine rings is 1. The highest BCUT2D eigenvalue weighted by Crippen LogP contribution is 2.52. The number of hydrogen-bond acceptors (Lipinski definition) is 7. The van der Waals surface area contributed by atoms with Gasteiger partial charge in [0.15, 0.2) is 5.54 Å². The van der Waals surface area contributed by atoms with Crippen LogP contribution in [0.2, 0.25) is 5.02 Å². The third-order valence-electron chi connectivity index (χ3n) is 7.33. The summed E-state index contributed by atoms with van der Waals surface area (Å²) in [7, 11) is 4.92. The number of rotatable bonds is 5. The molecule has 0 aliphatic carbocycles. The highest BCUT2D eigenvalue weighted by molar-refractivity contribution is 6.31. The summed E-state index contributed by atoms with van der Waals surface area (Å²) >= 11 is 6.46. The van der Waals surface area contributed by atoms with Crippen LogP contribution in [0, 0.1) is 0 Å². The number of hydrogen-bond donors (Lipinski definition) is 2. The fourth-order valence-electron chi connectivity index (χ4n) is 5.68. The van der Waals surface area contributed by atoms with Gasteiger partial charge in [-0.1, -0.05) is 11.6 Å². The van der Waals surface area contributed by atoms with Crippen molar-refractivity contribution in [2.75, 3.05) is 64.3 Å². The van der Waals surface area contributed by atoms with Gasteiger partial charge in [-0.15, -0.1) is 0 Å². The Morgan fingerprint density at radius 1 is 1.19 bits per heavy atom. The molecule has 2 aromatic rings. The molecule has 0 bridgehead atoms. The molecule has 5 rings (SSSR count). The van der Waals surface area contributed by atoms with Crippen LogP contribution in [0.1, 0.15) is 17.5 Å². The Kier molecular flexibility index (Phi) is 6.59. The summed E-state index contributed by atoms with van der Waals surface area (Å²) < 4.78 is 11.3. The topological polar surface area (TPSA) is 94.6 Å². The lowest BCUT2D eigenvalue weighted by atomic mass is 9.80. The molecule has 0 spiro atoms. The van der Waals surface area contributed by atoms with Gasteiger partial charge >= 0.3 is 0 Å². The number of aliphatic hydroxyl groups excluding tert-OH is 1. The minimum Gasteiger partial charge on any atom is -0.496 e. The fourth-order valence-corrected chi connectivity index (χ4v) is 5.85. The first-order chi connectivity index (χ1) is 17.3. The second-order valence-corrected chi connectivity index (χ2v) is 10.1. The Balaban J connectivity index is 1.78. The molecule has 2 aromatic carbocycles. The van der Waals surface area contributed by atoms with Gasteiger partial charge in [0.2, 0.25) is 5.91 Å². The monoisotopic (exact) mass is 514 g/mol. The van der Waals surface area contributed by atoms with E-state index in [-0.39, 0.29) is 24.8 Å². The summed E-state index contributed by atoms with van der Waals surface area (Å²) in [4.78, 5) is 33.0. The predicted molar refractivity (Wildman–Crippen MR) is 137 cm³/mol. The number of likely N-dealkylation sites (tertiary alicyclic amines) is 1. The van der Waals surface area contributed by atoms with Crippen molar-refractivity contribution in [3.8, 4) is 5.75 Å². The first kappa shape index (κ1) is 24.8. The lowest BCUT2D eigenvalue weighted by Gasteiger charge is -2.42. The molecule has 192 valence electrons. The van der Waals surface area contributed by atoms with Gasteiger partial charge in [0.05, 0.1) is 32.5 Å². The zero-order chi connectivity index (χ0) is 25.6. The fraction of sp³-hybridized carbons (Fsp3) is 0.462. The largest absolute Gasteiger partial charge is 0.496 e. The summed E-state index contributed by atoms with van der Waals surface area (Å²) in [5, 5.41) is 14.2. The molecule has 2 saturated heterocycles. The van der Waals surface area contributed by atoms with E-state index < -0.39 is 17.7 Å². The standard InChI is InChI=1S/C26H31ClN4O5/c1-29(2)24(33)22-14-18(32)15-31(22)26(19-12-16(27)4-6-21(19)28-25(26)34)20-13-17(5-7-23(20)35-3)30-8-10-36-11-9-30/h4-7,12-13,18,22,32H,8-11,14-15H2,1-3H3,(H,28,34)/t18-,22+,26?/m1/s1. The number of aliphatic hydroxyl groups is 1. The number of likely N-dealkylation sites (N-methyl/N-ethyl adjacent to an activating group) is 1. The minimum absolute atomic E-state index is 0.133. The van der Waals surface area contributed by atoms with Gasteiger partial charge in [0.25, 0.3) is 5.91 Å². The Hall–Kier alpha value is -2.85. The normalized spacial score (nSPS) is 26.0. The molecule has 9 nitrogen and oxygen atoms in total. The Morgan fingerprint density at radius 3 is 2.64 bits per heavy atom. The molecule has 36 heavy (non-hydrogen) atoms. The first-order valence-corrected chi connectivity index (χ1v) is 12.4. The molecule has 0 radical (unpaired) electrons. The summed E-state index contributed by atoms with van der Waals surface area (Å²) in [6.07, 6.45) is -0.562. The van der Waals surface area contributed by atoms with Crippen molar-refractivity contribution in [2.45, 2.75) is 24.1 Å². The van der Waals surface area contributed by atoms with Crippen LogP contribution in [0.15, 0.2) is 36.4 Å². The average molecular weight is 515 g/mol. The molecule has 3 atom stereocenters. The minimum atomic E-state index is -1.44. The third-order valence-corrected chi connectivity index (χ3v) is 7.57. The van der Waals surface area contributed by atoms with Crippen LogP contribution in [-0.2, 0) is 19.9 Å². The van der Waals surface area contributed by atoms with E-state index in [0.29, 0.717) is 40.8 Å². The van der Waals surface area contributed by atoms with Gasteiger partial charge in [-0.3, -0.25) is 14.5 Å². The Morgan fingerprint density at radius 2 is 1.94 bits per heavy atom. The lowest BCUT2D eigenvalue weighted by Crippen LogP contribution is -2.57. The number of carbonyl (C=O) groups excluding carboxylic acids is 2. The molecule has 3 heterocycles. The van der Waals surface area contributed by atoms with Crippen molar-refractivity contribution in [1.29, 1.82) is 0 Å². The van der Waals surface area contributed by atoms with Crippen LogP contribution in [0.3, 0.4) is 0 Å². The maximum Gasteiger partial charge on any atom is 0.254 e. The number of nitrogens with one attached hydrogen (secondary N) is 1. The van der Waals surface area contributed by atoms with E-state index in [1.165, 1.54) is 4.90 Å². The highest BCUT2D eigenvalue weighted by Gasteiger charge is 2.59. The number of carbonyl (C=O) groups is 2. The number of β-amino-alcohol motifs (C(OH)–C–C–N with tert-alkyl or cyclic N) is 1. The van der Waals surface area contributed by atoms with Crippen LogP contribution in [0.25, 0.3) is 0 Å². The molecule has 10 heteroatoms. The van der Waals surface area contributed by atoms with Crippen molar-refractivity contribution >= 4 is 34.8 Å². The van der Waals surface area contributed by atoms with E-state index in [1.54, 1.807) is 39.4 Å². The maximum absolute atomic E-state index is 14.2. The number of nitrogens with zero attached hydrogens (tertiary/aromatic N) is 3. The second kappa shape index (κ2) is 9.55. The maximum atomic E-state index is 14.2.